The van der Waals surface area contributed by atoms with Gasteiger partial charge in [-0.15, -0.1) is 0 Å². The summed E-state index contributed by atoms with van der Waals surface area (Å²) in [5.74, 6) is 1.10. The number of nitrogens with one attached hydrogen (secondary N) is 1. The van der Waals surface area contributed by atoms with Crippen LogP contribution in [0.4, 0.5) is 5.82 Å². The Morgan fingerprint density at radius 2 is 2.22 bits per heavy atom. The van der Waals surface area contributed by atoms with Crippen molar-refractivity contribution in [1.82, 2.24) is 19.5 Å². The van der Waals surface area contributed by atoms with Crippen molar-refractivity contribution in [1.29, 1.82) is 0 Å². The Morgan fingerprint density at radius 3 is 2.89 bits per heavy atom. The van der Waals surface area contributed by atoms with Crippen molar-refractivity contribution >= 4 is 28.6 Å². The Morgan fingerprint density at radius 1 is 1.44 bits per heavy atom. The number of aliphatic hydroxyl groups excluding tert-OH is 1. The molecule has 0 atom stereocenters. The molecule has 0 aliphatic carbocycles. The first kappa shape index (κ1) is 13.0. The van der Waals surface area contributed by atoms with E-state index in [0.29, 0.717) is 23.9 Å². The number of hydrogen-bond acceptors (Lipinski definition) is 5. The number of halogens is 1. The van der Waals surface area contributed by atoms with Gasteiger partial charge in [-0.1, -0.05) is 13.8 Å². The van der Waals surface area contributed by atoms with Crippen LogP contribution in [-0.4, -0.2) is 37.8 Å². The fourth-order valence-corrected chi connectivity index (χ4v) is 1.95. The maximum absolute atomic E-state index is 8.87. The van der Waals surface area contributed by atoms with Gasteiger partial charge in [0.05, 0.1) is 12.9 Å². The van der Waals surface area contributed by atoms with Crippen LogP contribution in [0.2, 0.25) is 5.28 Å². The number of fused-ring (bicyclic) bond motifs is 1. The minimum absolute atomic E-state index is 0.0292. The summed E-state index contributed by atoms with van der Waals surface area (Å²) in [6, 6.07) is 0. The lowest BCUT2D eigenvalue weighted by Crippen LogP contribution is -2.10. The molecule has 0 aliphatic rings. The largest absolute Gasteiger partial charge is 0.395 e. The van der Waals surface area contributed by atoms with Gasteiger partial charge in [0.2, 0.25) is 5.28 Å². The molecule has 2 heterocycles. The second kappa shape index (κ2) is 5.49. The highest BCUT2D eigenvalue weighted by atomic mass is 35.5. The molecule has 18 heavy (non-hydrogen) atoms. The first-order chi connectivity index (χ1) is 8.61. The van der Waals surface area contributed by atoms with Gasteiger partial charge in [0, 0.05) is 13.1 Å². The lowest BCUT2D eigenvalue weighted by atomic mass is 10.2. The molecule has 2 aromatic heterocycles. The summed E-state index contributed by atoms with van der Waals surface area (Å²) in [5, 5.41) is 12.1. The number of rotatable bonds is 5. The van der Waals surface area contributed by atoms with Crippen molar-refractivity contribution in [3.63, 3.8) is 0 Å². The second-order valence-electron chi connectivity index (χ2n) is 4.45. The van der Waals surface area contributed by atoms with E-state index in [4.69, 9.17) is 16.7 Å². The molecule has 0 saturated heterocycles. The van der Waals surface area contributed by atoms with Crippen LogP contribution in [0.25, 0.3) is 11.2 Å². The minimum atomic E-state index is 0.0292. The number of hydrogen-bond donors (Lipinski definition) is 2. The number of nitrogens with zero attached hydrogens (tertiary/aromatic N) is 4. The van der Waals surface area contributed by atoms with Gasteiger partial charge in [-0.3, -0.25) is 0 Å². The van der Waals surface area contributed by atoms with Crippen LogP contribution in [0.3, 0.4) is 0 Å². The molecule has 0 spiro atoms. The third-order valence-corrected chi connectivity index (χ3v) is 2.58. The molecule has 98 valence electrons. The Labute approximate surface area is 110 Å². The van der Waals surface area contributed by atoms with E-state index in [1.807, 2.05) is 4.57 Å². The highest BCUT2D eigenvalue weighted by Crippen LogP contribution is 2.22. The third-order valence-electron chi connectivity index (χ3n) is 2.41. The van der Waals surface area contributed by atoms with E-state index >= 15 is 0 Å². The zero-order valence-corrected chi connectivity index (χ0v) is 11.1. The Bertz CT molecular complexity index is 539. The van der Waals surface area contributed by atoms with E-state index in [1.165, 1.54) is 0 Å². The summed E-state index contributed by atoms with van der Waals surface area (Å²) >= 11 is 5.84. The Hall–Kier alpha value is -1.40. The predicted molar refractivity (Wildman–Crippen MR) is 70.7 cm³/mol. The van der Waals surface area contributed by atoms with Crippen molar-refractivity contribution in [2.75, 3.05) is 18.5 Å². The van der Waals surface area contributed by atoms with Crippen LogP contribution < -0.4 is 5.32 Å². The zero-order valence-electron chi connectivity index (χ0n) is 10.4. The van der Waals surface area contributed by atoms with Crippen molar-refractivity contribution in [3.8, 4) is 0 Å². The highest BCUT2D eigenvalue weighted by Gasteiger charge is 2.13. The molecule has 0 amide bonds. The summed E-state index contributed by atoms with van der Waals surface area (Å²) in [6.45, 7) is 5.53. The van der Waals surface area contributed by atoms with Gasteiger partial charge in [0.25, 0.3) is 0 Å². The molecule has 0 aromatic carbocycles. The number of aromatic nitrogens is 4. The molecule has 2 N–H and O–H groups in total. The number of anilines is 1. The lowest BCUT2D eigenvalue weighted by Gasteiger charge is -2.10. The molecular weight excluding hydrogens is 254 g/mol. The SMILES string of the molecule is CC(C)Cn1cnc2nc(Cl)nc(NCCO)c21. The Kier molecular flexibility index (Phi) is 3.98. The van der Waals surface area contributed by atoms with E-state index in [2.05, 4.69) is 34.1 Å². The highest BCUT2D eigenvalue weighted by molar-refractivity contribution is 6.28. The molecule has 0 unspecified atom stereocenters. The fourth-order valence-electron chi connectivity index (χ4n) is 1.78. The minimum Gasteiger partial charge on any atom is -0.395 e. The fraction of sp³-hybridized carbons (Fsp3) is 0.545. The summed E-state index contributed by atoms with van der Waals surface area (Å²) in [4.78, 5) is 12.5. The maximum Gasteiger partial charge on any atom is 0.226 e. The summed E-state index contributed by atoms with van der Waals surface area (Å²) in [5.41, 5.74) is 1.39. The van der Waals surface area contributed by atoms with Crippen molar-refractivity contribution < 1.29 is 5.11 Å². The topological polar surface area (TPSA) is 75.9 Å². The van der Waals surface area contributed by atoms with E-state index in [-0.39, 0.29) is 11.9 Å². The first-order valence-electron chi connectivity index (χ1n) is 5.85. The first-order valence-corrected chi connectivity index (χ1v) is 6.22. The van der Waals surface area contributed by atoms with Crippen LogP contribution in [0.5, 0.6) is 0 Å². The molecule has 2 aromatic rings. The smallest absolute Gasteiger partial charge is 0.226 e. The van der Waals surface area contributed by atoms with Crippen molar-refractivity contribution in [2.24, 2.45) is 5.92 Å². The average Bonchev–Trinajstić information content (AvgIpc) is 2.68. The van der Waals surface area contributed by atoms with Gasteiger partial charge in [-0.25, -0.2) is 4.98 Å². The van der Waals surface area contributed by atoms with Gasteiger partial charge in [-0.2, -0.15) is 9.97 Å². The number of imidazole rings is 1. The Balaban J connectivity index is 2.47. The zero-order chi connectivity index (χ0) is 13.1. The summed E-state index contributed by atoms with van der Waals surface area (Å²) in [7, 11) is 0. The van der Waals surface area contributed by atoms with Crippen LogP contribution in [0, 0.1) is 5.92 Å². The molecule has 2 rings (SSSR count). The van der Waals surface area contributed by atoms with Crippen molar-refractivity contribution in [3.05, 3.63) is 11.6 Å². The molecule has 0 radical (unpaired) electrons. The van der Waals surface area contributed by atoms with Gasteiger partial charge >= 0.3 is 0 Å². The van der Waals surface area contributed by atoms with Crippen LogP contribution in [0.15, 0.2) is 6.33 Å². The quantitative estimate of drug-likeness (QED) is 0.806. The maximum atomic E-state index is 8.87. The molecule has 0 fully saturated rings. The molecule has 0 bridgehead atoms. The average molecular weight is 270 g/mol. The molecule has 7 heteroatoms. The number of aliphatic hydroxyl groups is 1. The summed E-state index contributed by atoms with van der Waals surface area (Å²) in [6.07, 6.45) is 1.74. The summed E-state index contributed by atoms with van der Waals surface area (Å²) < 4.78 is 2.00. The lowest BCUT2D eigenvalue weighted by molar-refractivity contribution is 0.311. The van der Waals surface area contributed by atoms with Gasteiger partial charge in [-0.05, 0) is 17.5 Å². The second-order valence-corrected chi connectivity index (χ2v) is 4.79. The standard InChI is InChI=1S/C11H16ClN5O/c1-7(2)5-17-6-14-10-8(17)9(13-3-4-18)15-11(12)16-10/h6-7,18H,3-5H2,1-2H3,(H,13,15,16). The third kappa shape index (κ3) is 2.70. The van der Waals surface area contributed by atoms with Gasteiger partial charge in [0.15, 0.2) is 11.5 Å². The van der Waals surface area contributed by atoms with E-state index in [1.54, 1.807) is 6.33 Å². The van der Waals surface area contributed by atoms with Gasteiger partial charge < -0.3 is 15.0 Å². The van der Waals surface area contributed by atoms with Gasteiger partial charge in [0.1, 0.15) is 5.52 Å². The molecule has 6 nitrogen and oxygen atoms in total. The normalized spacial score (nSPS) is 11.4. The molecule has 0 aliphatic heterocycles. The van der Waals surface area contributed by atoms with E-state index in [9.17, 15) is 0 Å². The van der Waals surface area contributed by atoms with Crippen LogP contribution in [-0.2, 0) is 6.54 Å². The molecular formula is C11H16ClN5O. The molecule has 0 saturated carbocycles. The van der Waals surface area contributed by atoms with Crippen LogP contribution >= 0.6 is 11.6 Å². The predicted octanol–water partition coefficient (Wildman–Crippen LogP) is 1.54. The monoisotopic (exact) mass is 269 g/mol. The van der Waals surface area contributed by atoms with Crippen LogP contribution in [0.1, 0.15) is 13.8 Å². The van der Waals surface area contributed by atoms with E-state index in [0.717, 1.165) is 12.1 Å². The van der Waals surface area contributed by atoms with E-state index < -0.39 is 0 Å². The van der Waals surface area contributed by atoms with Crippen molar-refractivity contribution in [2.45, 2.75) is 20.4 Å².